The van der Waals surface area contributed by atoms with E-state index in [0.29, 0.717) is 0 Å². The third-order valence-corrected chi connectivity index (χ3v) is 4.07. The molecule has 0 saturated carbocycles. The van der Waals surface area contributed by atoms with Crippen LogP contribution in [0.1, 0.15) is 27.7 Å². The van der Waals surface area contributed by atoms with Crippen molar-refractivity contribution in [2.75, 3.05) is 0 Å². The van der Waals surface area contributed by atoms with Gasteiger partial charge in [-0.25, -0.2) is 8.78 Å². The van der Waals surface area contributed by atoms with E-state index in [-0.39, 0.29) is 176 Å². The van der Waals surface area contributed by atoms with Crippen LogP contribution in [-0.4, -0.2) is 81.6 Å². The van der Waals surface area contributed by atoms with E-state index >= 15 is 0 Å². The maximum Gasteiger partial charge on any atom is 0.154 e. The number of rotatable bonds is 0. The molecular weight excluding hydrogens is 1210 g/mol. The van der Waals surface area contributed by atoms with Gasteiger partial charge in [0.05, 0.1) is 24.4 Å². The smallest absolute Gasteiger partial charge is 0.154 e. The van der Waals surface area contributed by atoms with Gasteiger partial charge in [-0.1, -0.05) is 0 Å². The summed E-state index contributed by atoms with van der Waals surface area (Å²) in [6.07, 6.45) is -10.1. The average Bonchev–Trinajstić information content (AvgIpc) is 2.47. The summed E-state index contributed by atoms with van der Waals surface area (Å²) in [5.74, 6) is 0. The van der Waals surface area contributed by atoms with Crippen LogP contribution >= 0.6 is 0 Å². The molecule has 0 spiro atoms. The molecule has 0 aromatic heterocycles. The Morgan fingerprint density at radius 3 is 0.962 bits per heavy atom. The minimum absolute atomic E-state index is 0. The van der Waals surface area contributed by atoms with Crippen LogP contribution < -0.4 is 0 Å². The van der Waals surface area contributed by atoms with Gasteiger partial charge >= 0.3 is 0 Å². The second kappa shape index (κ2) is 18.8. The molecule has 4 radical (unpaired) electrons. The standard InChI is InChI=1S/2C7H13FO3.4Ac/c2*1-3-5(8)7(10)6(9)4(2)11-3;;;;/h2*3-7,9-10H,1-2H3;;;;. The Hall–Kier alpha value is 5.39. The molecule has 2 fully saturated rings. The molecule has 10 atom stereocenters. The van der Waals surface area contributed by atoms with Crippen molar-refractivity contribution in [3.8, 4) is 0 Å². The maximum absolute atomic E-state index is 12.9. The van der Waals surface area contributed by atoms with E-state index in [2.05, 4.69) is 0 Å². The van der Waals surface area contributed by atoms with Gasteiger partial charge in [-0.05, 0) is 27.7 Å². The van der Waals surface area contributed by atoms with Gasteiger partial charge in [-0.3, -0.25) is 0 Å². The molecule has 144 valence electrons. The molecule has 12 heteroatoms. The Morgan fingerprint density at radius 1 is 0.500 bits per heavy atom. The second-order valence-corrected chi connectivity index (χ2v) is 5.94. The normalized spacial score (nSPS) is 44.5. The van der Waals surface area contributed by atoms with E-state index in [0.717, 1.165) is 0 Å². The molecule has 2 aliphatic heterocycles. The van der Waals surface area contributed by atoms with Crippen molar-refractivity contribution in [1.82, 2.24) is 0 Å². The van der Waals surface area contributed by atoms with Crippen LogP contribution in [0, 0.1) is 176 Å². The quantitative estimate of drug-likeness (QED) is 0.267. The zero-order valence-corrected chi connectivity index (χ0v) is 34.4. The minimum atomic E-state index is -1.48. The van der Waals surface area contributed by atoms with Crippen LogP contribution in [0.25, 0.3) is 0 Å². The van der Waals surface area contributed by atoms with Crippen LogP contribution in [0.4, 0.5) is 8.78 Å². The van der Waals surface area contributed by atoms with E-state index in [4.69, 9.17) is 29.9 Å². The Labute approximate surface area is 296 Å². The van der Waals surface area contributed by atoms with Gasteiger partial charge in [-0.15, -0.1) is 0 Å². The molecule has 0 aromatic carbocycles. The predicted octanol–water partition coefficient (Wildman–Crippen LogP) is -0.293. The third-order valence-electron chi connectivity index (χ3n) is 4.07. The number of alkyl halides is 2. The first kappa shape index (κ1) is 38.6. The second-order valence-electron chi connectivity index (χ2n) is 5.94. The van der Waals surface area contributed by atoms with Gasteiger partial charge in [-0.2, -0.15) is 0 Å². The monoisotopic (exact) mass is 1240 g/mol. The van der Waals surface area contributed by atoms with Crippen molar-refractivity contribution in [3.63, 3.8) is 0 Å². The van der Waals surface area contributed by atoms with Crippen LogP contribution in [0.2, 0.25) is 0 Å². The zero-order chi connectivity index (χ0) is 17.2. The molecule has 2 rings (SSSR count). The van der Waals surface area contributed by atoms with Crippen molar-refractivity contribution in [2.45, 2.75) is 88.9 Å². The van der Waals surface area contributed by atoms with Crippen LogP contribution in [0.3, 0.4) is 0 Å². The third kappa shape index (κ3) is 11.5. The molecule has 0 bridgehead atoms. The predicted molar refractivity (Wildman–Crippen MR) is 73.8 cm³/mol. The zero-order valence-electron chi connectivity index (χ0n) is 15.4. The van der Waals surface area contributed by atoms with Crippen molar-refractivity contribution in [2.24, 2.45) is 0 Å². The molecule has 0 aliphatic carbocycles. The van der Waals surface area contributed by atoms with Gasteiger partial charge in [0.15, 0.2) is 12.3 Å². The van der Waals surface area contributed by atoms with Crippen molar-refractivity contribution < 1.29 is 215 Å². The molecule has 2 aliphatic rings. The molecule has 0 amide bonds. The number of hydrogen-bond donors (Lipinski definition) is 4. The molecule has 2 saturated heterocycles. The van der Waals surface area contributed by atoms with E-state index in [1.165, 1.54) is 13.8 Å². The number of hydrogen-bond acceptors (Lipinski definition) is 6. The summed E-state index contributed by atoms with van der Waals surface area (Å²) in [5, 5.41) is 36.4. The topological polar surface area (TPSA) is 99.4 Å². The molecule has 2 heterocycles. The van der Waals surface area contributed by atoms with Crippen LogP contribution in [0.5, 0.6) is 0 Å². The van der Waals surface area contributed by atoms with E-state index in [1.54, 1.807) is 13.8 Å². The van der Waals surface area contributed by atoms with Gasteiger partial charge in [0.1, 0.15) is 24.4 Å². The molecule has 6 nitrogen and oxygen atoms in total. The SMILES string of the molecule is CC1OC(C)C(F)C(O)C1O.CC1OC(C)C(F)C(O)C1O.[Ac].[Ac].[Ac].[Ac]. The fraction of sp³-hybridized carbons (Fsp3) is 1.00. The van der Waals surface area contributed by atoms with Crippen molar-refractivity contribution in [1.29, 1.82) is 0 Å². The first-order valence-electron chi connectivity index (χ1n) is 7.39. The van der Waals surface area contributed by atoms with Crippen molar-refractivity contribution >= 4 is 0 Å². The number of aliphatic hydroxyl groups is 4. The summed E-state index contributed by atoms with van der Waals surface area (Å²) in [6.45, 7) is 6.29. The largest absolute Gasteiger partial charge is 0.388 e. The van der Waals surface area contributed by atoms with E-state index in [1.807, 2.05) is 0 Å². The van der Waals surface area contributed by atoms with Gasteiger partial charge < -0.3 is 29.9 Å². The molecule has 26 heavy (non-hydrogen) atoms. The fourth-order valence-corrected chi connectivity index (χ4v) is 2.48. The number of aliphatic hydroxyl groups excluding tert-OH is 4. The summed E-state index contributed by atoms with van der Waals surface area (Å²) >= 11 is 0. The molecular formula is C14H26Ac4F2O6. The Morgan fingerprint density at radius 2 is 0.731 bits per heavy atom. The summed E-state index contributed by atoms with van der Waals surface area (Å²) in [7, 11) is 0. The first-order chi connectivity index (χ1) is 10.1. The summed E-state index contributed by atoms with van der Waals surface area (Å²) in [4.78, 5) is 0. The summed E-state index contributed by atoms with van der Waals surface area (Å²) in [5.41, 5.74) is 0. The Kier molecular flexibility index (Phi) is 27.9. The van der Waals surface area contributed by atoms with Gasteiger partial charge in [0, 0.05) is 176 Å². The van der Waals surface area contributed by atoms with Crippen LogP contribution in [-0.2, 0) is 9.47 Å². The van der Waals surface area contributed by atoms with E-state index in [9.17, 15) is 8.78 Å². The summed E-state index contributed by atoms with van der Waals surface area (Å²) < 4.78 is 35.7. The first-order valence-corrected chi connectivity index (χ1v) is 7.39. The number of halogens is 2. The minimum Gasteiger partial charge on any atom is -0.388 e. The Balaban J connectivity index is -0.000000161. The van der Waals surface area contributed by atoms with Crippen LogP contribution in [0.15, 0.2) is 0 Å². The molecule has 0 aromatic rings. The molecule has 4 N–H and O–H groups in total. The fourth-order valence-electron chi connectivity index (χ4n) is 2.48. The number of ether oxygens (including phenoxy) is 2. The maximum atomic E-state index is 12.9. The average molecular weight is 1240 g/mol. The summed E-state index contributed by atoms with van der Waals surface area (Å²) in [6, 6.07) is 0. The van der Waals surface area contributed by atoms with Gasteiger partial charge in [0.2, 0.25) is 0 Å². The Bertz CT molecular complexity index is 303. The van der Waals surface area contributed by atoms with Crippen molar-refractivity contribution in [3.05, 3.63) is 0 Å². The molecule has 10 unspecified atom stereocenters. The van der Waals surface area contributed by atoms with Gasteiger partial charge in [0.25, 0.3) is 0 Å². The van der Waals surface area contributed by atoms with E-state index < -0.39 is 61.2 Å².